The number of carbonyl (C=O) groups excluding carboxylic acids is 2. The van der Waals surface area contributed by atoms with Gasteiger partial charge in [0.1, 0.15) is 6.04 Å². The molecule has 3 heterocycles. The predicted molar refractivity (Wildman–Crippen MR) is 97.8 cm³/mol. The number of fused-ring (bicyclic) bond motifs is 3. The molecule has 1 saturated heterocycles. The fourth-order valence-electron chi connectivity index (χ4n) is 4.36. The van der Waals surface area contributed by atoms with E-state index in [0.29, 0.717) is 19.5 Å². The topological polar surface area (TPSA) is 66.8 Å². The van der Waals surface area contributed by atoms with E-state index in [1.54, 1.807) is 4.90 Å². The summed E-state index contributed by atoms with van der Waals surface area (Å²) >= 11 is 0. The minimum atomic E-state index is -0.539. The van der Waals surface area contributed by atoms with Crippen molar-refractivity contribution in [1.82, 2.24) is 9.88 Å². The summed E-state index contributed by atoms with van der Waals surface area (Å²) in [5.41, 5.74) is 3.22. The first kappa shape index (κ1) is 17.1. The molecule has 0 bridgehead atoms. The molecule has 1 amide bonds. The lowest BCUT2D eigenvalue weighted by molar-refractivity contribution is -0.897. The van der Waals surface area contributed by atoms with Crippen LogP contribution in [0.25, 0.3) is 10.9 Å². The van der Waals surface area contributed by atoms with Crippen LogP contribution in [0, 0.1) is 0 Å². The number of ether oxygens (including phenoxy) is 1. The van der Waals surface area contributed by atoms with Gasteiger partial charge in [0.2, 0.25) is 0 Å². The van der Waals surface area contributed by atoms with E-state index in [4.69, 9.17) is 4.74 Å². The molecule has 1 fully saturated rings. The van der Waals surface area contributed by atoms with E-state index >= 15 is 0 Å². The van der Waals surface area contributed by atoms with Gasteiger partial charge in [-0.15, -0.1) is 0 Å². The number of amides is 1. The number of aromatic nitrogens is 1. The Morgan fingerprint density at radius 3 is 2.77 bits per heavy atom. The number of para-hydroxylation sites is 1. The van der Waals surface area contributed by atoms with Gasteiger partial charge >= 0.3 is 5.97 Å². The molecule has 1 atom stereocenters. The summed E-state index contributed by atoms with van der Waals surface area (Å²) in [5.74, 6) is -0.287. The summed E-state index contributed by atoms with van der Waals surface area (Å²) in [6.45, 7) is 2.99. The van der Waals surface area contributed by atoms with Crippen molar-refractivity contribution in [1.29, 1.82) is 0 Å². The molecule has 138 valence electrons. The van der Waals surface area contributed by atoms with Crippen LogP contribution in [0.5, 0.6) is 0 Å². The van der Waals surface area contributed by atoms with Gasteiger partial charge in [0.05, 0.1) is 26.7 Å². The number of benzene rings is 1. The number of carbonyl (C=O) groups is 2. The number of esters is 1. The summed E-state index contributed by atoms with van der Waals surface area (Å²) < 4.78 is 5.01. The van der Waals surface area contributed by atoms with Gasteiger partial charge in [-0.3, -0.25) is 4.79 Å². The highest BCUT2D eigenvalue weighted by Crippen LogP contribution is 2.30. The van der Waals surface area contributed by atoms with E-state index in [1.165, 1.54) is 31.3 Å². The molecule has 2 aromatic rings. The summed E-state index contributed by atoms with van der Waals surface area (Å²) in [6, 6.07) is 7.55. The zero-order valence-corrected chi connectivity index (χ0v) is 15.2. The van der Waals surface area contributed by atoms with Crippen LogP contribution in [0.2, 0.25) is 0 Å². The molecule has 4 rings (SSSR count). The molecule has 0 unspecified atom stereocenters. The lowest BCUT2D eigenvalue weighted by atomic mass is 9.96. The van der Waals surface area contributed by atoms with Crippen LogP contribution in [0.15, 0.2) is 24.3 Å². The lowest BCUT2D eigenvalue weighted by Crippen LogP contribution is -3.14. The second kappa shape index (κ2) is 7.11. The molecular weight excluding hydrogens is 330 g/mol. The van der Waals surface area contributed by atoms with Crippen LogP contribution in [0.3, 0.4) is 0 Å². The number of piperidine rings is 1. The molecule has 2 aliphatic heterocycles. The number of hydrogen-bond acceptors (Lipinski definition) is 3. The standard InChI is InChI=1S/C20H25N3O3/c1-26-20(25)18-11-15-14-7-3-4-8-16(14)21-17(15)12-23(18)19(24)13-22-9-5-2-6-10-22/h3-4,7-8,18,21H,2,5-6,9-13H2,1H3/p+1/t18-/m1/s1. The normalized spacial score (nSPS) is 20.8. The lowest BCUT2D eigenvalue weighted by Gasteiger charge is -2.35. The molecule has 0 saturated carbocycles. The second-order valence-corrected chi connectivity index (χ2v) is 7.38. The SMILES string of the molecule is COC(=O)[C@H]1Cc2c([nH]c3ccccc23)CN1C(=O)C[NH+]1CCCCC1. The van der Waals surface area contributed by atoms with Crippen LogP contribution in [-0.4, -0.2) is 54.5 Å². The van der Waals surface area contributed by atoms with Gasteiger partial charge in [0, 0.05) is 23.0 Å². The van der Waals surface area contributed by atoms with Crippen LogP contribution in [0.4, 0.5) is 0 Å². The fraction of sp³-hybridized carbons (Fsp3) is 0.500. The van der Waals surface area contributed by atoms with Gasteiger partial charge < -0.3 is 19.5 Å². The molecule has 26 heavy (non-hydrogen) atoms. The van der Waals surface area contributed by atoms with E-state index in [1.807, 2.05) is 18.2 Å². The summed E-state index contributed by atoms with van der Waals surface area (Å²) in [6.07, 6.45) is 4.11. The van der Waals surface area contributed by atoms with E-state index in [9.17, 15) is 9.59 Å². The van der Waals surface area contributed by atoms with Gasteiger partial charge in [-0.05, 0) is 30.9 Å². The molecular formula is C20H26N3O3+. The molecule has 0 radical (unpaired) electrons. The number of quaternary nitrogens is 1. The Bertz CT molecular complexity index is 823. The number of rotatable bonds is 3. The minimum Gasteiger partial charge on any atom is -0.467 e. The van der Waals surface area contributed by atoms with Crippen molar-refractivity contribution in [3.05, 3.63) is 35.5 Å². The highest BCUT2D eigenvalue weighted by Gasteiger charge is 2.38. The van der Waals surface area contributed by atoms with Gasteiger partial charge in [-0.1, -0.05) is 18.2 Å². The van der Waals surface area contributed by atoms with Crippen molar-refractivity contribution in [3.8, 4) is 0 Å². The maximum atomic E-state index is 13.0. The minimum absolute atomic E-state index is 0.0432. The Hall–Kier alpha value is -2.34. The summed E-state index contributed by atoms with van der Waals surface area (Å²) in [7, 11) is 1.39. The highest BCUT2D eigenvalue weighted by atomic mass is 16.5. The Morgan fingerprint density at radius 1 is 1.23 bits per heavy atom. The maximum Gasteiger partial charge on any atom is 0.328 e. The number of H-pyrrole nitrogens is 1. The average Bonchev–Trinajstić information content (AvgIpc) is 3.04. The van der Waals surface area contributed by atoms with E-state index < -0.39 is 6.04 Å². The van der Waals surface area contributed by atoms with Crippen molar-refractivity contribution in [2.75, 3.05) is 26.7 Å². The quantitative estimate of drug-likeness (QED) is 0.794. The van der Waals surface area contributed by atoms with E-state index in [-0.39, 0.29) is 11.9 Å². The number of nitrogens with one attached hydrogen (secondary N) is 2. The largest absolute Gasteiger partial charge is 0.467 e. The molecule has 6 nitrogen and oxygen atoms in total. The number of hydrogen-bond donors (Lipinski definition) is 2. The maximum absolute atomic E-state index is 13.0. The van der Waals surface area contributed by atoms with Crippen molar-refractivity contribution in [2.45, 2.75) is 38.3 Å². The first-order valence-corrected chi connectivity index (χ1v) is 9.46. The highest BCUT2D eigenvalue weighted by molar-refractivity contribution is 5.90. The predicted octanol–water partition coefficient (Wildman–Crippen LogP) is 0.663. The van der Waals surface area contributed by atoms with E-state index in [2.05, 4.69) is 11.1 Å². The van der Waals surface area contributed by atoms with Crippen molar-refractivity contribution in [3.63, 3.8) is 0 Å². The summed E-state index contributed by atoms with van der Waals surface area (Å²) in [5, 5.41) is 1.13. The monoisotopic (exact) mass is 356 g/mol. The van der Waals surface area contributed by atoms with Crippen molar-refractivity contribution < 1.29 is 19.2 Å². The Morgan fingerprint density at radius 2 is 2.00 bits per heavy atom. The van der Waals surface area contributed by atoms with Crippen LogP contribution >= 0.6 is 0 Å². The van der Waals surface area contributed by atoms with Crippen LogP contribution in [-0.2, 0) is 27.3 Å². The van der Waals surface area contributed by atoms with Crippen LogP contribution in [0.1, 0.15) is 30.5 Å². The Balaban J connectivity index is 1.61. The fourth-order valence-corrected chi connectivity index (χ4v) is 4.36. The zero-order valence-electron chi connectivity index (χ0n) is 15.2. The third-order valence-corrected chi connectivity index (χ3v) is 5.76. The van der Waals surface area contributed by atoms with Crippen molar-refractivity contribution in [2.24, 2.45) is 0 Å². The number of aromatic amines is 1. The molecule has 2 N–H and O–H groups in total. The van der Waals surface area contributed by atoms with Gasteiger partial charge in [0.25, 0.3) is 5.91 Å². The van der Waals surface area contributed by atoms with Crippen molar-refractivity contribution >= 4 is 22.8 Å². The third kappa shape index (κ3) is 3.09. The number of nitrogens with zero attached hydrogens (tertiary/aromatic N) is 1. The van der Waals surface area contributed by atoms with Gasteiger partial charge in [-0.25, -0.2) is 4.79 Å². The Kier molecular flexibility index (Phi) is 4.68. The zero-order chi connectivity index (χ0) is 18.1. The van der Waals surface area contributed by atoms with E-state index in [0.717, 1.165) is 35.2 Å². The molecule has 0 aliphatic carbocycles. The first-order chi connectivity index (χ1) is 12.7. The Labute approximate surface area is 153 Å². The number of likely N-dealkylation sites (tertiary alicyclic amines) is 1. The molecule has 1 aromatic carbocycles. The first-order valence-electron chi connectivity index (χ1n) is 9.46. The van der Waals surface area contributed by atoms with Gasteiger partial charge in [-0.2, -0.15) is 0 Å². The molecule has 2 aliphatic rings. The third-order valence-electron chi connectivity index (χ3n) is 5.76. The van der Waals surface area contributed by atoms with Crippen LogP contribution < -0.4 is 4.90 Å². The molecule has 6 heteroatoms. The second-order valence-electron chi connectivity index (χ2n) is 7.38. The summed E-state index contributed by atoms with van der Waals surface area (Å²) in [4.78, 5) is 31.9. The smallest absolute Gasteiger partial charge is 0.328 e. The number of methoxy groups -OCH3 is 1. The average molecular weight is 356 g/mol. The molecule has 1 aromatic heterocycles. The van der Waals surface area contributed by atoms with Gasteiger partial charge in [0.15, 0.2) is 6.54 Å². The molecule has 0 spiro atoms.